The molecule has 0 aliphatic rings. The number of rotatable bonds is 5. The van der Waals surface area contributed by atoms with E-state index in [1.54, 1.807) is 0 Å². The van der Waals surface area contributed by atoms with E-state index in [-0.39, 0.29) is 6.54 Å². The number of nitrogens with zero attached hydrogens (tertiary/aromatic N) is 1. The van der Waals surface area contributed by atoms with Crippen LogP contribution in [-0.4, -0.2) is 28.2 Å². The number of ether oxygens (including phenoxy) is 1. The molecule has 0 aliphatic heterocycles. The molecule has 1 unspecified atom stereocenters. The highest BCUT2D eigenvalue weighted by Gasteiger charge is 2.14. The first kappa shape index (κ1) is 13.6. The van der Waals surface area contributed by atoms with Gasteiger partial charge in [0.05, 0.1) is 12.3 Å². The Hall–Kier alpha value is -1.85. The number of hydrogen-bond acceptors (Lipinski definition) is 4. The quantitative estimate of drug-likeness (QED) is 0.766. The maximum atomic E-state index is 9.71. The number of aliphatic hydroxyl groups is 1. The maximum absolute atomic E-state index is 9.71. The minimum absolute atomic E-state index is 0.144. The van der Waals surface area contributed by atoms with E-state index in [0.29, 0.717) is 12.4 Å². The van der Waals surface area contributed by atoms with Crippen LogP contribution in [0.25, 0.3) is 11.3 Å². The van der Waals surface area contributed by atoms with Gasteiger partial charge in [0.2, 0.25) is 0 Å². The lowest BCUT2D eigenvalue weighted by Gasteiger charge is -2.05. The second kappa shape index (κ2) is 5.86. The van der Waals surface area contributed by atoms with Crippen molar-refractivity contribution in [1.82, 2.24) is 9.97 Å². The van der Waals surface area contributed by atoms with E-state index < -0.39 is 6.10 Å². The molecule has 1 heterocycles. The van der Waals surface area contributed by atoms with Gasteiger partial charge in [0.1, 0.15) is 17.7 Å². The molecule has 1 aromatic heterocycles. The van der Waals surface area contributed by atoms with E-state index in [2.05, 4.69) is 9.97 Å². The highest BCUT2D eigenvalue weighted by molar-refractivity contribution is 5.63. The largest absolute Gasteiger partial charge is 0.494 e. The zero-order valence-electron chi connectivity index (χ0n) is 11.2. The molecule has 19 heavy (non-hydrogen) atoms. The number of aromatic amines is 1. The third-order valence-electron chi connectivity index (χ3n) is 2.86. The second-order valence-electron chi connectivity index (χ2n) is 4.31. The first-order valence-electron chi connectivity index (χ1n) is 6.33. The van der Waals surface area contributed by atoms with Crippen LogP contribution in [0.15, 0.2) is 24.3 Å². The molecule has 0 saturated heterocycles. The minimum Gasteiger partial charge on any atom is -0.494 e. The SMILES string of the molecule is CCOc1cccc(-c2nc(C(O)CN)[nH]c2C)c1. The number of aliphatic hydroxyl groups excluding tert-OH is 1. The van der Waals surface area contributed by atoms with Crippen molar-refractivity contribution < 1.29 is 9.84 Å². The summed E-state index contributed by atoms with van der Waals surface area (Å²) < 4.78 is 5.48. The Morgan fingerprint density at radius 3 is 2.95 bits per heavy atom. The number of nitrogens with two attached hydrogens (primary N) is 1. The Labute approximate surface area is 112 Å². The highest BCUT2D eigenvalue weighted by atomic mass is 16.5. The number of aromatic nitrogens is 2. The van der Waals surface area contributed by atoms with Crippen LogP contribution < -0.4 is 10.5 Å². The summed E-state index contributed by atoms with van der Waals surface area (Å²) in [6.45, 7) is 4.64. The lowest BCUT2D eigenvalue weighted by Crippen LogP contribution is -2.12. The number of imidazole rings is 1. The van der Waals surface area contributed by atoms with Crippen LogP contribution in [0, 0.1) is 6.92 Å². The van der Waals surface area contributed by atoms with Crippen LogP contribution in [0.4, 0.5) is 0 Å². The second-order valence-corrected chi connectivity index (χ2v) is 4.31. The summed E-state index contributed by atoms with van der Waals surface area (Å²) in [6.07, 6.45) is -0.762. The van der Waals surface area contributed by atoms with Gasteiger partial charge in [0.25, 0.3) is 0 Å². The van der Waals surface area contributed by atoms with Crippen LogP contribution in [0.5, 0.6) is 5.75 Å². The normalized spacial score (nSPS) is 12.4. The molecule has 0 radical (unpaired) electrons. The van der Waals surface area contributed by atoms with Gasteiger partial charge in [-0.25, -0.2) is 4.98 Å². The fourth-order valence-electron chi connectivity index (χ4n) is 1.93. The van der Waals surface area contributed by atoms with E-state index in [1.165, 1.54) is 0 Å². The van der Waals surface area contributed by atoms with Crippen LogP contribution in [0.2, 0.25) is 0 Å². The van der Waals surface area contributed by atoms with E-state index in [4.69, 9.17) is 10.5 Å². The fraction of sp³-hybridized carbons (Fsp3) is 0.357. The Kier molecular flexibility index (Phi) is 4.19. The van der Waals surface area contributed by atoms with E-state index >= 15 is 0 Å². The predicted octanol–water partition coefficient (Wildman–Crippen LogP) is 1.78. The van der Waals surface area contributed by atoms with Crippen molar-refractivity contribution in [3.05, 3.63) is 35.8 Å². The molecule has 0 saturated carbocycles. The van der Waals surface area contributed by atoms with Gasteiger partial charge in [0.15, 0.2) is 0 Å². The molecule has 2 aromatic rings. The van der Waals surface area contributed by atoms with E-state index in [1.807, 2.05) is 38.1 Å². The molecule has 1 atom stereocenters. The molecular formula is C14H19N3O2. The van der Waals surface area contributed by atoms with Gasteiger partial charge in [-0.2, -0.15) is 0 Å². The van der Waals surface area contributed by atoms with Crippen molar-refractivity contribution in [1.29, 1.82) is 0 Å². The van der Waals surface area contributed by atoms with Crippen LogP contribution in [0.1, 0.15) is 24.5 Å². The number of hydrogen-bond donors (Lipinski definition) is 3. The molecule has 4 N–H and O–H groups in total. The summed E-state index contributed by atoms with van der Waals surface area (Å²) >= 11 is 0. The van der Waals surface area contributed by atoms with Gasteiger partial charge >= 0.3 is 0 Å². The zero-order valence-corrected chi connectivity index (χ0v) is 11.2. The van der Waals surface area contributed by atoms with Crippen LogP contribution in [-0.2, 0) is 0 Å². The third kappa shape index (κ3) is 2.94. The molecule has 0 aliphatic carbocycles. The third-order valence-corrected chi connectivity index (χ3v) is 2.86. The summed E-state index contributed by atoms with van der Waals surface area (Å²) in [5.41, 5.74) is 8.10. The molecule has 5 heteroatoms. The van der Waals surface area contributed by atoms with Gasteiger partial charge in [-0.15, -0.1) is 0 Å². The maximum Gasteiger partial charge on any atom is 0.137 e. The summed E-state index contributed by atoms with van der Waals surface area (Å²) in [6, 6.07) is 7.73. The number of nitrogens with one attached hydrogen (secondary N) is 1. The lowest BCUT2D eigenvalue weighted by atomic mass is 10.1. The van der Waals surface area contributed by atoms with Crippen LogP contribution >= 0.6 is 0 Å². The molecule has 0 amide bonds. The first-order valence-corrected chi connectivity index (χ1v) is 6.33. The van der Waals surface area contributed by atoms with Crippen molar-refractivity contribution in [2.24, 2.45) is 5.73 Å². The predicted molar refractivity (Wildman–Crippen MR) is 73.9 cm³/mol. The van der Waals surface area contributed by atoms with Gasteiger partial charge < -0.3 is 20.6 Å². The number of benzene rings is 1. The average Bonchev–Trinajstić information content (AvgIpc) is 2.81. The summed E-state index contributed by atoms with van der Waals surface area (Å²) in [5.74, 6) is 1.31. The van der Waals surface area contributed by atoms with E-state index in [0.717, 1.165) is 22.7 Å². The van der Waals surface area contributed by atoms with Crippen molar-refractivity contribution in [3.63, 3.8) is 0 Å². The molecular weight excluding hydrogens is 242 g/mol. The van der Waals surface area contributed by atoms with Gasteiger partial charge in [-0.05, 0) is 26.0 Å². The first-order chi connectivity index (χ1) is 9.15. The van der Waals surface area contributed by atoms with Crippen molar-refractivity contribution >= 4 is 0 Å². The average molecular weight is 261 g/mol. The van der Waals surface area contributed by atoms with E-state index in [9.17, 15) is 5.11 Å². The Bertz CT molecular complexity index is 551. The van der Waals surface area contributed by atoms with Gasteiger partial charge in [-0.3, -0.25) is 0 Å². The molecule has 2 rings (SSSR count). The van der Waals surface area contributed by atoms with Crippen LogP contribution in [0.3, 0.4) is 0 Å². The fourth-order valence-corrected chi connectivity index (χ4v) is 1.93. The standard InChI is InChI=1S/C14H19N3O2/c1-3-19-11-6-4-5-10(7-11)13-9(2)16-14(17-13)12(18)8-15/h4-7,12,18H,3,8,15H2,1-2H3,(H,16,17). The minimum atomic E-state index is -0.762. The zero-order chi connectivity index (χ0) is 13.8. The Balaban J connectivity index is 2.35. The smallest absolute Gasteiger partial charge is 0.137 e. The summed E-state index contributed by atoms with van der Waals surface area (Å²) in [5, 5.41) is 9.71. The number of H-pyrrole nitrogens is 1. The molecule has 0 bridgehead atoms. The molecule has 1 aromatic carbocycles. The van der Waals surface area contributed by atoms with Crippen molar-refractivity contribution in [2.45, 2.75) is 20.0 Å². The number of aryl methyl sites for hydroxylation is 1. The van der Waals surface area contributed by atoms with Crippen molar-refractivity contribution in [2.75, 3.05) is 13.2 Å². The Morgan fingerprint density at radius 1 is 1.47 bits per heavy atom. The molecule has 102 valence electrons. The summed E-state index contributed by atoms with van der Waals surface area (Å²) in [4.78, 5) is 7.47. The topological polar surface area (TPSA) is 84.2 Å². The van der Waals surface area contributed by atoms with Gasteiger partial charge in [-0.1, -0.05) is 12.1 Å². The molecule has 0 fully saturated rings. The highest BCUT2D eigenvalue weighted by Crippen LogP contribution is 2.26. The van der Waals surface area contributed by atoms with Gasteiger partial charge in [0, 0.05) is 17.8 Å². The Morgan fingerprint density at radius 2 is 2.26 bits per heavy atom. The molecule has 0 spiro atoms. The van der Waals surface area contributed by atoms with Crippen molar-refractivity contribution in [3.8, 4) is 17.0 Å². The molecule has 5 nitrogen and oxygen atoms in total. The monoisotopic (exact) mass is 261 g/mol. The lowest BCUT2D eigenvalue weighted by molar-refractivity contribution is 0.177. The summed E-state index contributed by atoms with van der Waals surface area (Å²) in [7, 11) is 0.